The van der Waals surface area contributed by atoms with Gasteiger partial charge in [-0.25, -0.2) is 0 Å². The first-order valence-electron chi connectivity index (χ1n) is 4.02. The Balaban J connectivity index is 3.18. The SMILES string of the molecule is CCCC(CCC)N[SiH3]. The number of hydrogen-bond donors (Lipinski definition) is 1. The summed E-state index contributed by atoms with van der Waals surface area (Å²) >= 11 is 0. The van der Waals surface area contributed by atoms with E-state index in [2.05, 4.69) is 18.8 Å². The average molecular weight is 145 g/mol. The van der Waals surface area contributed by atoms with E-state index in [4.69, 9.17) is 0 Å². The van der Waals surface area contributed by atoms with Crippen molar-refractivity contribution in [2.24, 2.45) is 0 Å². The van der Waals surface area contributed by atoms with Crippen molar-refractivity contribution in [1.29, 1.82) is 0 Å². The summed E-state index contributed by atoms with van der Waals surface area (Å²) in [7, 11) is 1.15. The lowest BCUT2D eigenvalue weighted by Crippen LogP contribution is -2.25. The minimum atomic E-state index is 0.826. The highest BCUT2D eigenvalue weighted by Crippen LogP contribution is 2.02. The van der Waals surface area contributed by atoms with Gasteiger partial charge in [-0.15, -0.1) is 0 Å². The lowest BCUT2D eigenvalue weighted by atomic mass is 10.1. The third-order valence-corrected chi connectivity index (χ3v) is 2.50. The summed E-state index contributed by atoms with van der Waals surface area (Å²) < 4.78 is 0. The Labute approximate surface area is 61.7 Å². The first kappa shape index (κ1) is 9.18. The van der Waals surface area contributed by atoms with E-state index in [0.717, 1.165) is 16.4 Å². The van der Waals surface area contributed by atoms with Gasteiger partial charge in [-0.3, -0.25) is 0 Å². The Hall–Kier alpha value is 0.177. The van der Waals surface area contributed by atoms with Gasteiger partial charge in [0.2, 0.25) is 0 Å². The molecule has 0 fully saturated rings. The molecule has 0 aromatic rings. The summed E-state index contributed by atoms with van der Waals surface area (Å²) in [5.41, 5.74) is 0. The van der Waals surface area contributed by atoms with E-state index in [0.29, 0.717) is 0 Å². The molecule has 0 amide bonds. The molecule has 0 aliphatic carbocycles. The van der Waals surface area contributed by atoms with Crippen molar-refractivity contribution in [2.45, 2.75) is 45.6 Å². The maximum Gasteiger partial charge on any atom is 0.0752 e. The molecule has 0 rings (SSSR count). The molecule has 0 aromatic heterocycles. The molecule has 0 atom stereocenters. The first-order chi connectivity index (χ1) is 4.35. The van der Waals surface area contributed by atoms with E-state index in [-0.39, 0.29) is 0 Å². The van der Waals surface area contributed by atoms with E-state index in [1.54, 1.807) is 0 Å². The van der Waals surface area contributed by atoms with Gasteiger partial charge < -0.3 is 4.98 Å². The van der Waals surface area contributed by atoms with Gasteiger partial charge >= 0.3 is 0 Å². The molecule has 9 heavy (non-hydrogen) atoms. The van der Waals surface area contributed by atoms with Gasteiger partial charge in [0.05, 0.1) is 10.4 Å². The summed E-state index contributed by atoms with van der Waals surface area (Å²) in [4.78, 5) is 3.44. The lowest BCUT2D eigenvalue weighted by Gasteiger charge is -2.12. The Morgan fingerprint density at radius 2 is 1.67 bits per heavy atom. The normalized spacial score (nSPS) is 11.0. The molecule has 0 aromatic carbocycles. The molecule has 0 bridgehead atoms. The van der Waals surface area contributed by atoms with Gasteiger partial charge in [0.15, 0.2) is 0 Å². The predicted octanol–water partition coefficient (Wildman–Crippen LogP) is 0.825. The topological polar surface area (TPSA) is 12.0 Å². The van der Waals surface area contributed by atoms with Crippen LogP contribution >= 0.6 is 0 Å². The fourth-order valence-electron chi connectivity index (χ4n) is 1.13. The maximum atomic E-state index is 3.44. The van der Waals surface area contributed by atoms with Crippen molar-refractivity contribution in [2.75, 3.05) is 0 Å². The van der Waals surface area contributed by atoms with E-state index in [1.165, 1.54) is 25.7 Å². The zero-order valence-electron chi connectivity index (χ0n) is 6.91. The van der Waals surface area contributed by atoms with Gasteiger partial charge in [-0.1, -0.05) is 26.7 Å². The van der Waals surface area contributed by atoms with E-state index in [1.807, 2.05) is 0 Å². The molecule has 1 nitrogen and oxygen atoms in total. The van der Waals surface area contributed by atoms with Crippen LogP contribution in [0, 0.1) is 0 Å². The summed E-state index contributed by atoms with van der Waals surface area (Å²) in [5.74, 6) is 0. The molecular formula is C7H19NSi. The minimum Gasteiger partial charge on any atom is -0.343 e. The maximum absolute atomic E-state index is 3.44. The molecule has 0 heterocycles. The van der Waals surface area contributed by atoms with Crippen LogP contribution in [0.4, 0.5) is 0 Å². The van der Waals surface area contributed by atoms with Gasteiger partial charge in [-0.2, -0.15) is 0 Å². The van der Waals surface area contributed by atoms with Crippen LogP contribution in [-0.2, 0) is 0 Å². The predicted molar refractivity (Wildman–Crippen MR) is 46.7 cm³/mol. The third kappa shape index (κ3) is 4.67. The van der Waals surface area contributed by atoms with Crippen molar-refractivity contribution in [3.05, 3.63) is 0 Å². The highest BCUT2D eigenvalue weighted by Gasteiger charge is 2.00. The van der Waals surface area contributed by atoms with Gasteiger partial charge in [0, 0.05) is 0 Å². The van der Waals surface area contributed by atoms with Crippen LogP contribution in [-0.4, -0.2) is 16.4 Å². The van der Waals surface area contributed by atoms with Crippen molar-refractivity contribution in [3.63, 3.8) is 0 Å². The molecule has 56 valence electrons. The summed E-state index contributed by atoms with van der Waals surface area (Å²) in [6.07, 6.45) is 5.36. The molecule has 0 unspecified atom stereocenters. The van der Waals surface area contributed by atoms with Crippen LogP contribution in [0.1, 0.15) is 39.5 Å². The number of nitrogens with one attached hydrogen (secondary N) is 1. The molecule has 0 saturated heterocycles. The van der Waals surface area contributed by atoms with Crippen LogP contribution in [0.5, 0.6) is 0 Å². The molecule has 1 N–H and O–H groups in total. The van der Waals surface area contributed by atoms with Crippen molar-refractivity contribution in [1.82, 2.24) is 4.98 Å². The number of hydrogen-bond acceptors (Lipinski definition) is 1. The van der Waals surface area contributed by atoms with Crippen molar-refractivity contribution < 1.29 is 0 Å². The van der Waals surface area contributed by atoms with Gasteiger partial charge in [0.1, 0.15) is 0 Å². The lowest BCUT2D eigenvalue weighted by molar-refractivity contribution is 0.520. The second kappa shape index (κ2) is 6.30. The van der Waals surface area contributed by atoms with Gasteiger partial charge in [0.25, 0.3) is 0 Å². The zero-order chi connectivity index (χ0) is 7.11. The summed E-state index contributed by atoms with van der Waals surface area (Å²) in [5, 5.41) is 0. The quantitative estimate of drug-likeness (QED) is 0.565. The minimum absolute atomic E-state index is 0.826. The molecule has 0 aliphatic rings. The third-order valence-electron chi connectivity index (χ3n) is 1.68. The largest absolute Gasteiger partial charge is 0.343 e. The molecule has 0 aliphatic heterocycles. The molecule has 0 spiro atoms. The smallest absolute Gasteiger partial charge is 0.0752 e. The molecular weight excluding hydrogens is 126 g/mol. The number of rotatable bonds is 5. The Kier molecular flexibility index (Phi) is 6.42. The van der Waals surface area contributed by atoms with Crippen LogP contribution < -0.4 is 4.98 Å². The fourth-order valence-corrected chi connectivity index (χ4v) is 1.71. The van der Waals surface area contributed by atoms with Gasteiger partial charge in [-0.05, 0) is 18.9 Å². The van der Waals surface area contributed by atoms with E-state index >= 15 is 0 Å². The highest BCUT2D eigenvalue weighted by molar-refractivity contribution is 6.04. The second-order valence-electron chi connectivity index (χ2n) is 2.56. The van der Waals surface area contributed by atoms with E-state index in [9.17, 15) is 0 Å². The molecule has 0 saturated carbocycles. The standard InChI is InChI=1S/C7H19NSi/c1-3-5-7(8-9)6-4-2/h7-8H,3-6H2,1-2,9H3. The Morgan fingerprint density at radius 3 is 1.89 bits per heavy atom. The first-order valence-corrected chi connectivity index (χ1v) is 5.02. The van der Waals surface area contributed by atoms with Crippen LogP contribution in [0.3, 0.4) is 0 Å². The zero-order valence-corrected chi connectivity index (χ0v) is 8.91. The second-order valence-corrected chi connectivity index (χ2v) is 3.14. The van der Waals surface area contributed by atoms with Crippen LogP contribution in [0.25, 0.3) is 0 Å². The molecule has 2 heteroatoms. The Morgan fingerprint density at radius 1 is 1.22 bits per heavy atom. The van der Waals surface area contributed by atoms with Crippen LogP contribution in [0.2, 0.25) is 0 Å². The fraction of sp³-hybridized carbons (Fsp3) is 1.00. The average Bonchev–Trinajstić information content (AvgIpc) is 1.88. The van der Waals surface area contributed by atoms with Crippen molar-refractivity contribution >= 4 is 10.4 Å². The summed E-state index contributed by atoms with van der Waals surface area (Å²) in [6, 6.07) is 0.826. The monoisotopic (exact) mass is 145 g/mol. The molecule has 0 radical (unpaired) electrons. The highest BCUT2D eigenvalue weighted by atomic mass is 28.2. The summed E-state index contributed by atoms with van der Waals surface area (Å²) in [6.45, 7) is 4.50. The van der Waals surface area contributed by atoms with E-state index < -0.39 is 0 Å². The van der Waals surface area contributed by atoms with Crippen molar-refractivity contribution in [3.8, 4) is 0 Å². The van der Waals surface area contributed by atoms with Crippen LogP contribution in [0.15, 0.2) is 0 Å². The Bertz CT molecular complexity index is 50.9.